The Bertz CT molecular complexity index is 619. The number of nitrogen functional groups attached to an aromatic ring is 1. The van der Waals surface area contributed by atoms with Gasteiger partial charge in [0.25, 0.3) is 5.91 Å². The zero-order chi connectivity index (χ0) is 15.4. The van der Waals surface area contributed by atoms with Gasteiger partial charge in [0.2, 0.25) is 0 Å². The molecule has 5 heteroatoms. The highest BCUT2D eigenvalue weighted by molar-refractivity contribution is 7.22. The lowest BCUT2D eigenvalue weighted by Crippen LogP contribution is -2.35. The predicted octanol–water partition coefficient (Wildman–Crippen LogP) is 3.78. The van der Waals surface area contributed by atoms with Gasteiger partial charge in [0.1, 0.15) is 0 Å². The van der Waals surface area contributed by atoms with Crippen molar-refractivity contribution in [3.8, 4) is 0 Å². The molecular formula is C16H23N3OS. The minimum absolute atomic E-state index is 0.0956. The van der Waals surface area contributed by atoms with Crippen molar-refractivity contribution < 1.29 is 4.79 Å². The van der Waals surface area contributed by atoms with E-state index in [0.717, 1.165) is 41.7 Å². The van der Waals surface area contributed by atoms with Crippen LogP contribution in [0.2, 0.25) is 0 Å². The Balaban J connectivity index is 2.22. The van der Waals surface area contributed by atoms with Crippen molar-refractivity contribution in [2.75, 3.05) is 18.8 Å². The number of rotatable bonds is 6. The summed E-state index contributed by atoms with van der Waals surface area (Å²) in [7, 11) is 0. The topological polar surface area (TPSA) is 59.2 Å². The monoisotopic (exact) mass is 305 g/mol. The van der Waals surface area contributed by atoms with Crippen LogP contribution in [-0.4, -0.2) is 28.9 Å². The van der Waals surface area contributed by atoms with E-state index >= 15 is 0 Å². The van der Waals surface area contributed by atoms with E-state index in [1.165, 1.54) is 11.3 Å². The fourth-order valence-corrected chi connectivity index (χ4v) is 3.25. The van der Waals surface area contributed by atoms with Gasteiger partial charge < -0.3 is 10.6 Å². The third kappa shape index (κ3) is 3.53. The fraction of sp³-hybridized carbons (Fsp3) is 0.500. The number of aromatic nitrogens is 1. The van der Waals surface area contributed by atoms with E-state index in [-0.39, 0.29) is 5.91 Å². The number of benzene rings is 1. The lowest BCUT2D eigenvalue weighted by atomic mass is 10.0. The van der Waals surface area contributed by atoms with Gasteiger partial charge in [0.05, 0.1) is 10.2 Å². The normalized spacial score (nSPS) is 11.2. The molecule has 1 amide bonds. The van der Waals surface area contributed by atoms with Gasteiger partial charge >= 0.3 is 0 Å². The van der Waals surface area contributed by atoms with Crippen LogP contribution in [0.25, 0.3) is 10.2 Å². The van der Waals surface area contributed by atoms with Crippen LogP contribution < -0.4 is 5.73 Å². The van der Waals surface area contributed by atoms with Gasteiger partial charge in [-0.2, -0.15) is 0 Å². The second kappa shape index (κ2) is 6.89. The number of amides is 1. The van der Waals surface area contributed by atoms with Crippen molar-refractivity contribution in [2.45, 2.75) is 33.6 Å². The molecule has 0 atom stereocenters. The van der Waals surface area contributed by atoms with Crippen molar-refractivity contribution in [2.24, 2.45) is 5.92 Å². The molecule has 1 heterocycles. The number of hydrogen-bond acceptors (Lipinski definition) is 4. The maximum atomic E-state index is 12.7. The molecule has 0 saturated carbocycles. The first-order valence-corrected chi connectivity index (χ1v) is 8.35. The molecule has 0 radical (unpaired) electrons. The molecule has 2 aromatic rings. The van der Waals surface area contributed by atoms with Gasteiger partial charge in [-0.25, -0.2) is 4.98 Å². The summed E-state index contributed by atoms with van der Waals surface area (Å²) in [6.07, 6.45) is 2.20. The maximum absolute atomic E-state index is 12.7. The molecule has 0 aliphatic rings. The van der Waals surface area contributed by atoms with Crippen LogP contribution in [0.5, 0.6) is 0 Å². The first-order chi connectivity index (χ1) is 10.1. The highest BCUT2D eigenvalue weighted by Crippen LogP contribution is 2.25. The zero-order valence-electron chi connectivity index (χ0n) is 12.9. The summed E-state index contributed by atoms with van der Waals surface area (Å²) >= 11 is 1.42. The van der Waals surface area contributed by atoms with E-state index < -0.39 is 0 Å². The Morgan fingerprint density at radius 2 is 2.05 bits per heavy atom. The quantitative estimate of drug-likeness (QED) is 0.883. The first-order valence-electron chi connectivity index (χ1n) is 7.54. The molecule has 0 bridgehead atoms. The van der Waals surface area contributed by atoms with Crippen LogP contribution in [0.4, 0.5) is 5.13 Å². The summed E-state index contributed by atoms with van der Waals surface area (Å²) in [5, 5.41) is 0.541. The number of anilines is 1. The van der Waals surface area contributed by atoms with Crippen LogP contribution in [0.3, 0.4) is 0 Å². The number of hydrogen-bond donors (Lipinski definition) is 1. The second-order valence-corrected chi connectivity index (χ2v) is 6.32. The van der Waals surface area contributed by atoms with E-state index in [4.69, 9.17) is 5.73 Å². The molecule has 1 aromatic carbocycles. The standard InChI is InChI=1S/C16H23N3OS/c1-4-11(5-2)10-19(6-3)15(20)12-7-8-13-14(9-12)21-16(17)18-13/h7-9,11H,4-6,10H2,1-3H3,(H2,17,18). The van der Waals surface area contributed by atoms with Gasteiger partial charge in [-0.1, -0.05) is 38.0 Å². The van der Waals surface area contributed by atoms with Gasteiger partial charge in [0, 0.05) is 18.7 Å². The SMILES string of the molecule is CCC(CC)CN(CC)C(=O)c1ccc2nc(N)sc2c1. The van der Waals surface area contributed by atoms with E-state index in [1.54, 1.807) is 0 Å². The highest BCUT2D eigenvalue weighted by Gasteiger charge is 2.18. The number of fused-ring (bicyclic) bond motifs is 1. The summed E-state index contributed by atoms with van der Waals surface area (Å²) in [6.45, 7) is 7.95. The van der Waals surface area contributed by atoms with Crippen molar-refractivity contribution in [3.05, 3.63) is 23.8 Å². The molecule has 114 valence electrons. The Morgan fingerprint density at radius 3 is 2.67 bits per heavy atom. The molecular weight excluding hydrogens is 282 g/mol. The lowest BCUT2D eigenvalue weighted by molar-refractivity contribution is 0.0735. The molecule has 2 N–H and O–H groups in total. The van der Waals surface area contributed by atoms with Crippen molar-refractivity contribution >= 4 is 32.6 Å². The fourth-order valence-electron chi connectivity index (χ4n) is 2.47. The summed E-state index contributed by atoms with van der Waals surface area (Å²) in [4.78, 5) is 18.8. The number of carbonyl (C=O) groups excluding carboxylic acids is 1. The van der Waals surface area contributed by atoms with E-state index in [0.29, 0.717) is 11.0 Å². The van der Waals surface area contributed by atoms with Gasteiger partial charge in [-0.15, -0.1) is 0 Å². The number of nitrogens with zero attached hydrogens (tertiary/aromatic N) is 2. The Labute approximate surface area is 130 Å². The smallest absolute Gasteiger partial charge is 0.253 e. The molecule has 0 saturated heterocycles. The predicted molar refractivity (Wildman–Crippen MR) is 89.7 cm³/mol. The molecule has 2 rings (SSSR count). The maximum Gasteiger partial charge on any atom is 0.253 e. The van der Waals surface area contributed by atoms with E-state index in [1.807, 2.05) is 30.0 Å². The second-order valence-electron chi connectivity index (χ2n) is 5.26. The van der Waals surface area contributed by atoms with Gasteiger partial charge in [-0.3, -0.25) is 4.79 Å². The van der Waals surface area contributed by atoms with Crippen LogP contribution in [0.15, 0.2) is 18.2 Å². The molecule has 1 aromatic heterocycles. The minimum atomic E-state index is 0.0956. The van der Waals surface area contributed by atoms with E-state index in [9.17, 15) is 4.79 Å². The van der Waals surface area contributed by atoms with Gasteiger partial charge in [-0.05, 0) is 31.0 Å². The molecule has 0 aliphatic carbocycles. The molecule has 0 spiro atoms. The third-order valence-electron chi connectivity index (χ3n) is 3.95. The highest BCUT2D eigenvalue weighted by atomic mass is 32.1. The molecule has 4 nitrogen and oxygen atoms in total. The Kier molecular flexibility index (Phi) is 5.17. The third-order valence-corrected chi connectivity index (χ3v) is 4.80. The number of thiazole rings is 1. The van der Waals surface area contributed by atoms with Crippen molar-refractivity contribution in [1.82, 2.24) is 9.88 Å². The lowest BCUT2D eigenvalue weighted by Gasteiger charge is -2.25. The number of carbonyl (C=O) groups is 1. The molecule has 21 heavy (non-hydrogen) atoms. The largest absolute Gasteiger partial charge is 0.375 e. The zero-order valence-corrected chi connectivity index (χ0v) is 13.7. The van der Waals surface area contributed by atoms with E-state index in [2.05, 4.69) is 18.8 Å². The summed E-state index contributed by atoms with van der Waals surface area (Å²) in [6, 6.07) is 5.63. The van der Waals surface area contributed by atoms with Crippen LogP contribution in [-0.2, 0) is 0 Å². The van der Waals surface area contributed by atoms with Crippen LogP contribution in [0.1, 0.15) is 44.0 Å². The minimum Gasteiger partial charge on any atom is -0.375 e. The van der Waals surface area contributed by atoms with Crippen molar-refractivity contribution in [3.63, 3.8) is 0 Å². The molecule has 0 unspecified atom stereocenters. The Morgan fingerprint density at radius 1 is 1.33 bits per heavy atom. The average Bonchev–Trinajstić information content (AvgIpc) is 2.87. The summed E-state index contributed by atoms with van der Waals surface area (Å²) in [5.74, 6) is 0.662. The van der Waals surface area contributed by atoms with Crippen LogP contribution >= 0.6 is 11.3 Å². The first kappa shape index (κ1) is 15.8. The Hall–Kier alpha value is -1.62. The van der Waals surface area contributed by atoms with Crippen molar-refractivity contribution in [1.29, 1.82) is 0 Å². The molecule has 0 aliphatic heterocycles. The summed E-state index contributed by atoms with van der Waals surface area (Å²) < 4.78 is 0.969. The van der Waals surface area contributed by atoms with Gasteiger partial charge in [0.15, 0.2) is 5.13 Å². The summed E-state index contributed by atoms with van der Waals surface area (Å²) in [5.41, 5.74) is 7.30. The van der Waals surface area contributed by atoms with Crippen LogP contribution in [0, 0.1) is 5.92 Å². The molecule has 0 fully saturated rings. The average molecular weight is 305 g/mol. The number of nitrogens with two attached hydrogens (primary N) is 1.